The number of benzene rings is 1. The van der Waals surface area contributed by atoms with Crippen LogP contribution in [0, 0.1) is 0 Å². The van der Waals surface area contributed by atoms with Gasteiger partial charge in [0.15, 0.2) is 5.76 Å². The Labute approximate surface area is 180 Å². The van der Waals surface area contributed by atoms with Gasteiger partial charge in [-0.3, -0.25) is 0 Å². The summed E-state index contributed by atoms with van der Waals surface area (Å²) in [6, 6.07) is 15.3. The lowest BCUT2D eigenvalue weighted by atomic mass is 10.0. The Hall–Kier alpha value is -1.87. The van der Waals surface area contributed by atoms with E-state index in [2.05, 4.69) is 61.5 Å². The minimum absolute atomic E-state index is 0.853. The van der Waals surface area contributed by atoms with E-state index in [-0.39, 0.29) is 0 Å². The van der Waals surface area contributed by atoms with Gasteiger partial charge in [0.1, 0.15) is 5.69 Å². The first-order valence-corrected chi connectivity index (χ1v) is 12.3. The number of hydrogen-bond acceptors (Lipinski definition) is 3. The Kier molecular flexibility index (Phi) is 9.01. The second-order valence-electron chi connectivity index (χ2n) is 8.01. The van der Waals surface area contributed by atoms with Crippen LogP contribution in [0.25, 0.3) is 21.9 Å². The van der Waals surface area contributed by atoms with Gasteiger partial charge in [-0.05, 0) is 43.4 Å². The van der Waals surface area contributed by atoms with Gasteiger partial charge in [0.25, 0.3) is 0 Å². The molecular formula is C26H35NOS. The van der Waals surface area contributed by atoms with Crippen LogP contribution in [0.1, 0.15) is 82.1 Å². The van der Waals surface area contributed by atoms with Crippen molar-refractivity contribution in [3.63, 3.8) is 0 Å². The minimum atomic E-state index is 0.853. The van der Waals surface area contributed by atoms with E-state index in [4.69, 9.17) is 4.52 Å². The lowest BCUT2D eigenvalue weighted by molar-refractivity contribution is 0.435. The molecule has 2 aromatic heterocycles. The molecule has 0 bridgehead atoms. The summed E-state index contributed by atoms with van der Waals surface area (Å²) in [5, 5.41) is 4.31. The minimum Gasteiger partial charge on any atom is -0.356 e. The summed E-state index contributed by atoms with van der Waals surface area (Å²) in [4.78, 5) is 2.63. The summed E-state index contributed by atoms with van der Waals surface area (Å²) in [5.41, 5.74) is 3.47. The van der Waals surface area contributed by atoms with E-state index in [0.29, 0.717) is 0 Å². The van der Waals surface area contributed by atoms with E-state index in [1.54, 1.807) is 0 Å². The third-order valence-corrected chi connectivity index (χ3v) is 6.68. The smallest absolute Gasteiger partial charge is 0.167 e. The van der Waals surface area contributed by atoms with Crippen molar-refractivity contribution >= 4 is 11.3 Å². The molecule has 0 amide bonds. The van der Waals surface area contributed by atoms with Crippen LogP contribution in [0.4, 0.5) is 0 Å². The number of aryl methyl sites for hydroxylation is 2. The molecule has 0 N–H and O–H groups in total. The van der Waals surface area contributed by atoms with Crippen LogP contribution in [-0.2, 0) is 12.8 Å². The highest BCUT2D eigenvalue weighted by atomic mass is 32.1. The number of aromatic nitrogens is 1. The summed E-state index contributed by atoms with van der Waals surface area (Å²) in [6.45, 7) is 4.51. The molecule has 0 aliphatic carbocycles. The Morgan fingerprint density at radius 2 is 1.48 bits per heavy atom. The maximum Gasteiger partial charge on any atom is 0.167 e. The van der Waals surface area contributed by atoms with Gasteiger partial charge in [0.05, 0.1) is 4.88 Å². The monoisotopic (exact) mass is 409 g/mol. The van der Waals surface area contributed by atoms with Crippen molar-refractivity contribution in [3.8, 4) is 21.9 Å². The standard InChI is InChI=1S/C26H35NOS/c1-3-5-7-8-9-10-11-12-21-14-16-22(17-15-21)25-20-24(27-28-25)26-19-18-23(29-26)13-6-4-2/h14-20H,3-13H2,1-2H3. The lowest BCUT2D eigenvalue weighted by Crippen LogP contribution is -1.86. The fourth-order valence-electron chi connectivity index (χ4n) is 3.65. The number of nitrogens with zero attached hydrogens (tertiary/aromatic N) is 1. The van der Waals surface area contributed by atoms with Gasteiger partial charge in [-0.2, -0.15) is 0 Å². The number of hydrogen-bond donors (Lipinski definition) is 0. The summed E-state index contributed by atoms with van der Waals surface area (Å²) in [5.74, 6) is 0.853. The first-order chi connectivity index (χ1) is 14.3. The maximum atomic E-state index is 5.64. The third-order valence-electron chi connectivity index (χ3n) is 5.51. The highest BCUT2D eigenvalue weighted by molar-refractivity contribution is 7.15. The second-order valence-corrected chi connectivity index (χ2v) is 9.18. The molecular weight excluding hydrogens is 374 g/mol. The summed E-state index contributed by atoms with van der Waals surface area (Å²) >= 11 is 1.83. The molecule has 2 heterocycles. The topological polar surface area (TPSA) is 26.0 Å². The van der Waals surface area contributed by atoms with Crippen molar-refractivity contribution in [2.24, 2.45) is 0 Å². The van der Waals surface area contributed by atoms with Gasteiger partial charge in [0, 0.05) is 16.5 Å². The van der Waals surface area contributed by atoms with Gasteiger partial charge >= 0.3 is 0 Å². The third kappa shape index (κ3) is 6.85. The van der Waals surface area contributed by atoms with Gasteiger partial charge in [-0.25, -0.2) is 0 Å². The number of thiophene rings is 1. The van der Waals surface area contributed by atoms with Crippen molar-refractivity contribution in [1.29, 1.82) is 0 Å². The van der Waals surface area contributed by atoms with Crippen molar-refractivity contribution in [2.75, 3.05) is 0 Å². The van der Waals surface area contributed by atoms with Crippen molar-refractivity contribution in [1.82, 2.24) is 5.16 Å². The van der Waals surface area contributed by atoms with Crippen LogP contribution in [0.15, 0.2) is 47.0 Å². The average molecular weight is 410 g/mol. The van der Waals surface area contributed by atoms with Crippen molar-refractivity contribution < 1.29 is 4.52 Å². The molecule has 0 atom stereocenters. The van der Waals surface area contributed by atoms with Crippen LogP contribution in [0.2, 0.25) is 0 Å². The Morgan fingerprint density at radius 1 is 0.759 bits per heavy atom. The van der Waals surface area contributed by atoms with Crippen LogP contribution in [0.5, 0.6) is 0 Å². The predicted octanol–water partition coefficient (Wildman–Crippen LogP) is 8.71. The highest BCUT2D eigenvalue weighted by Gasteiger charge is 2.11. The predicted molar refractivity (Wildman–Crippen MR) is 126 cm³/mol. The molecule has 0 aliphatic rings. The zero-order chi connectivity index (χ0) is 20.3. The highest BCUT2D eigenvalue weighted by Crippen LogP contribution is 2.31. The molecule has 3 heteroatoms. The van der Waals surface area contributed by atoms with E-state index >= 15 is 0 Å². The molecule has 1 aromatic carbocycles. The van der Waals surface area contributed by atoms with E-state index in [9.17, 15) is 0 Å². The van der Waals surface area contributed by atoms with Gasteiger partial charge in [0.2, 0.25) is 0 Å². The van der Waals surface area contributed by atoms with E-state index in [1.807, 2.05) is 11.3 Å². The van der Waals surface area contributed by atoms with E-state index in [1.165, 1.54) is 79.5 Å². The first kappa shape index (κ1) is 21.8. The van der Waals surface area contributed by atoms with Gasteiger partial charge < -0.3 is 4.52 Å². The Morgan fingerprint density at radius 3 is 2.24 bits per heavy atom. The summed E-state index contributed by atoms with van der Waals surface area (Å²) in [7, 11) is 0. The molecule has 29 heavy (non-hydrogen) atoms. The van der Waals surface area contributed by atoms with E-state index < -0.39 is 0 Å². The maximum absolute atomic E-state index is 5.64. The second kappa shape index (κ2) is 12.0. The molecule has 0 saturated carbocycles. The molecule has 3 aromatic rings. The van der Waals surface area contributed by atoms with Crippen LogP contribution in [-0.4, -0.2) is 5.16 Å². The molecule has 0 spiro atoms. The quantitative estimate of drug-likeness (QED) is 0.264. The largest absolute Gasteiger partial charge is 0.356 e. The number of rotatable bonds is 13. The van der Waals surface area contributed by atoms with Gasteiger partial charge in [-0.15, -0.1) is 11.3 Å². The van der Waals surface area contributed by atoms with E-state index in [0.717, 1.165) is 23.4 Å². The number of unbranched alkanes of at least 4 members (excludes halogenated alkanes) is 7. The van der Waals surface area contributed by atoms with Crippen molar-refractivity contribution in [2.45, 2.75) is 84.5 Å². The van der Waals surface area contributed by atoms with Gasteiger partial charge in [-0.1, -0.05) is 88.2 Å². The summed E-state index contributed by atoms with van der Waals surface area (Å²) in [6.07, 6.45) is 14.3. The van der Waals surface area contributed by atoms with Crippen LogP contribution < -0.4 is 0 Å². The Balaban J connectivity index is 1.49. The zero-order valence-corrected chi connectivity index (χ0v) is 18.9. The fraction of sp³-hybridized carbons (Fsp3) is 0.500. The molecule has 0 aliphatic heterocycles. The SMILES string of the molecule is CCCCCCCCCc1ccc(-c2cc(-c3ccc(CCCC)s3)no2)cc1. The average Bonchev–Trinajstić information content (AvgIpc) is 3.42. The van der Waals surface area contributed by atoms with Crippen LogP contribution in [0.3, 0.4) is 0 Å². The normalized spacial score (nSPS) is 11.2. The molecule has 3 rings (SSSR count). The van der Waals surface area contributed by atoms with Crippen LogP contribution >= 0.6 is 11.3 Å². The molecule has 0 unspecified atom stereocenters. The molecule has 0 saturated heterocycles. The molecule has 0 fully saturated rings. The lowest BCUT2D eigenvalue weighted by Gasteiger charge is -2.03. The fourth-order valence-corrected chi connectivity index (χ4v) is 4.65. The zero-order valence-electron chi connectivity index (χ0n) is 18.1. The van der Waals surface area contributed by atoms with Crippen molar-refractivity contribution in [3.05, 3.63) is 52.9 Å². The summed E-state index contributed by atoms with van der Waals surface area (Å²) < 4.78 is 5.64. The first-order valence-electron chi connectivity index (χ1n) is 11.4. The molecule has 2 nitrogen and oxygen atoms in total. The Bertz CT molecular complexity index is 831. The molecule has 156 valence electrons. The molecule has 0 radical (unpaired) electrons.